The second kappa shape index (κ2) is 18.0. The first-order chi connectivity index (χ1) is 25.8. The smallest absolute Gasteiger partial charge is 0.0598 e. The molecule has 13 unspecified atom stereocenters. The number of rotatable bonds is 12. The molecule has 6 aliphatic rings. The molecule has 6 aliphatic carbocycles. The zero-order chi connectivity index (χ0) is 39.9. The number of unbranched alkanes of at least 4 members (excludes halogenated alkanes) is 3. The molecule has 1 nitrogen and oxygen atoms in total. The Morgan fingerprint density at radius 3 is 1.62 bits per heavy atom. The Morgan fingerprint density at radius 1 is 0.527 bits per heavy atom. The van der Waals surface area contributed by atoms with E-state index in [0.29, 0.717) is 10.8 Å². The van der Waals surface area contributed by atoms with Crippen LogP contribution in [0.4, 0.5) is 0 Å². The molecule has 0 aromatic rings. The van der Waals surface area contributed by atoms with Gasteiger partial charge in [-0.2, -0.15) is 0 Å². The van der Waals surface area contributed by atoms with Crippen LogP contribution >= 0.6 is 0 Å². The van der Waals surface area contributed by atoms with E-state index in [1.165, 1.54) is 70.6 Å². The third kappa shape index (κ3) is 10.2. The third-order valence-electron chi connectivity index (χ3n) is 19.1. The summed E-state index contributed by atoms with van der Waals surface area (Å²) in [5.41, 5.74) is 3.03. The Labute approximate surface area is 346 Å². The molecule has 0 saturated heterocycles. The topological polar surface area (TPSA) is 9.23 Å². The Bertz CT molecular complexity index is 1160. The molecule has 0 aromatic carbocycles. The van der Waals surface area contributed by atoms with Crippen LogP contribution in [0.3, 0.4) is 0 Å². The monoisotopic (exact) mass is 779 g/mol. The lowest BCUT2D eigenvalue weighted by Crippen LogP contribution is -2.51. The Hall–Kier alpha value is 0.177. The molecule has 13 atom stereocenters. The number of hydrogen-bond donors (Lipinski definition) is 0. The normalized spacial score (nSPS) is 40.6. The molecular formula is C53H98OSi. The van der Waals surface area contributed by atoms with Gasteiger partial charge in [0, 0.05) is 6.61 Å². The van der Waals surface area contributed by atoms with Crippen LogP contribution in [0.25, 0.3) is 0 Å². The summed E-state index contributed by atoms with van der Waals surface area (Å²) in [6, 6.07) is 1.64. The molecule has 0 aromatic heterocycles. The summed E-state index contributed by atoms with van der Waals surface area (Å²) < 4.78 is 6.19. The van der Waals surface area contributed by atoms with Crippen LogP contribution < -0.4 is 0 Å². The molecule has 0 spiro atoms. The summed E-state index contributed by atoms with van der Waals surface area (Å²) in [5.74, 6) is 12.9. The van der Waals surface area contributed by atoms with Crippen LogP contribution in [0, 0.1) is 87.8 Å². The molecular weight excluding hydrogens is 681 g/mol. The van der Waals surface area contributed by atoms with Gasteiger partial charge in [-0.25, -0.2) is 0 Å². The van der Waals surface area contributed by atoms with Gasteiger partial charge in [-0.1, -0.05) is 152 Å². The molecule has 6 rings (SSSR count). The maximum absolute atomic E-state index is 6.19. The maximum atomic E-state index is 6.19. The van der Waals surface area contributed by atoms with Gasteiger partial charge in [-0.05, 0) is 171 Å². The first-order valence-electron chi connectivity index (χ1n) is 25.4. The van der Waals surface area contributed by atoms with E-state index < -0.39 is 8.07 Å². The van der Waals surface area contributed by atoms with Crippen LogP contribution in [-0.2, 0) is 4.74 Å². The molecule has 0 bridgehead atoms. The van der Waals surface area contributed by atoms with E-state index in [2.05, 4.69) is 89.6 Å². The van der Waals surface area contributed by atoms with Crippen molar-refractivity contribution < 1.29 is 4.74 Å². The van der Waals surface area contributed by atoms with Gasteiger partial charge in [-0.15, -0.1) is 0 Å². The highest BCUT2D eigenvalue weighted by atomic mass is 28.3. The van der Waals surface area contributed by atoms with Crippen molar-refractivity contribution in [3.05, 3.63) is 0 Å². The minimum Gasteiger partial charge on any atom is -0.376 e. The maximum Gasteiger partial charge on any atom is 0.0598 e. The van der Waals surface area contributed by atoms with Crippen molar-refractivity contribution in [2.45, 2.75) is 241 Å². The van der Waals surface area contributed by atoms with Crippen molar-refractivity contribution >= 4 is 8.07 Å². The van der Waals surface area contributed by atoms with Gasteiger partial charge in [0.1, 0.15) is 0 Å². The lowest BCUT2D eigenvalue weighted by Gasteiger charge is -2.53. The predicted octanol–water partition coefficient (Wildman–Crippen LogP) is 16.7. The number of fused-ring (bicyclic) bond motifs is 2. The average Bonchev–Trinajstić information content (AvgIpc) is 3.69. The molecule has 6 fully saturated rings. The van der Waals surface area contributed by atoms with Gasteiger partial charge in [0.25, 0.3) is 0 Å². The van der Waals surface area contributed by atoms with E-state index in [-0.39, 0.29) is 5.60 Å². The van der Waals surface area contributed by atoms with Crippen molar-refractivity contribution in [2.24, 2.45) is 87.8 Å². The highest BCUT2D eigenvalue weighted by Gasteiger charge is 2.62. The minimum absolute atomic E-state index is 0.00220. The standard InChI is InChI=1S/C53H98OSi/c1-36(2)46-35-48-42(38-23-17-16-18-24-38)25-21-28-45(48)50(46)55(13,30-20-15-14-19-29-54-53(10,11)12)49-37(3)31-47-43(26-22-27-44(47)49)39-32-40(51(4,5)6)34-41(33-39)52(7,8)9/h36-50H,14-35H2,1-13H3. The largest absolute Gasteiger partial charge is 0.376 e. The fraction of sp³-hybridized carbons (Fsp3) is 1.00. The second-order valence-electron chi connectivity index (χ2n) is 25.9. The van der Waals surface area contributed by atoms with Crippen molar-refractivity contribution in [3.8, 4) is 0 Å². The molecule has 0 aliphatic heterocycles. The first-order valence-corrected chi connectivity index (χ1v) is 28.3. The summed E-state index contributed by atoms with van der Waals surface area (Å²) in [7, 11) is -1.66. The molecule has 6 saturated carbocycles. The zero-order valence-electron chi connectivity index (χ0n) is 39.6. The van der Waals surface area contributed by atoms with E-state index in [1.807, 2.05) is 0 Å². The highest BCUT2D eigenvalue weighted by molar-refractivity contribution is 6.81. The van der Waals surface area contributed by atoms with Crippen LogP contribution in [-0.4, -0.2) is 20.3 Å². The van der Waals surface area contributed by atoms with Crippen LogP contribution in [0.5, 0.6) is 0 Å². The minimum atomic E-state index is -1.66. The van der Waals surface area contributed by atoms with Crippen molar-refractivity contribution in [2.75, 3.05) is 6.61 Å². The second-order valence-corrected chi connectivity index (χ2v) is 30.7. The molecule has 0 radical (unpaired) electrons. The summed E-state index contributed by atoms with van der Waals surface area (Å²) >= 11 is 0. The molecule has 0 heterocycles. The third-order valence-corrected chi connectivity index (χ3v) is 25.4. The van der Waals surface area contributed by atoms with Gasteiger partial charge in [-0.3, -0.25) is 0 Å². The fourth-order valence-electron chi connectivity index (χ4n) is 16.6. The SMILES string of the molecule is CC(C)C1CC2C(C3CCCCC3)CCCC2C1[Si](C)(CCCCCCOC(C)(C)C)C1C(C)CC2C(C3CC(C(C)(C)C)CC(C(C)(C)C)C3)CCCC21. The van der Waals surface area contributed by atoms with E-state index >= 15 is 0 Å². The van der Waals surface area contributed by atoms with Gasteiger partial charge >= 0.3 is 0 Å². The molecule has 0 N–H and O–H groups in total. The van der Waals surface area contributed by atoms with Crippen LogP contribution in [0.15, 0.2) is 0 Å². The summed E-state index contributed by atoms with van der Waals surface area (Å²) in [4.78, 5) is 0. The van der Waals surface area contributed by atoms with Crippen molar-refractivity contribution in [1.29, 1.82) is 0 Å². The number of ether oxygens (including phenoxy) is 1. The molecule has 2 heteroatoms. The lowest BCUT2D eigenvalue weighted by molar-refractivity contribution is -0.00471. The summed E-state index contributed by atoms with van der Waals surface area (Å²) in [6.45, 7) is 34.4. The van der Waals surface area contributed by atoms with Crippen LogP contribution in [0.1, 0.15) is 212 Å². The zero-order valence-corrected chi connectivity index (χ0v) is 40.6. The molecule has 320 valence electrons. The van der Waals surface area contributed by atoms with Gasteiger partial charge in [0.15, 0.2) is 0 Å². The first kappa shape index (κ1) is 44.7. The quantitative estimate of drug-likeness (QED) is 0.142. The molecule has 55 heavy (non-hydrogen) atoms. The van der Waals surface area contributed by atoms with E-state index in [1.54, 1.807) is 63.8 Å². The highest BCUT2D eigenvalue weighted by Crippen LogP contribution is 2.69. The van der Waals surface area contributed by atoms with E-state index in [9.17, 15) is 0 Å². The summed E-state index contributed by atoms with van der Waals surface area (Å²) in [5, 5.41) is 0. The Morgan fingerprint density at radius 2 is 1.05 bits per heavy atom. The predicted molar refractivity (Wildman–Crippen MR) is 243 cm³/mol. The Kier molecular flexibility index (Phi) is 14.7. The van der Waals surface area contributed by atoms with Gasteiger partial charge in [0.2, 0.25) is 0 Å². The van der Waals surface area contributed by atoms with E-state index in [4.69, 9.17) is 4.74 Å². The summed E-state index contributed by atoms with van der Waals surface area (Å²) in [6.07, 6.45) is 30.4. The average molecular weight is 779 g/mol. The van der Waals surface area contributed by atoms with E-state index in [0.717, 1.165) is 94.6 Å². The van der Waals surface area contributed by atoms with Crippen molar-refractivity contribution in [3.63, 3.8) is 0 Å². The Balaban J connectivity index is 1.29. The van der Waals surface area contributed by atoms with Gasteiger partial charge < -0.3 is 4.74 Å². The van der Waals surface area contributed by atoms with Crippen molar-refractivity contribution in [1.82, 2.24) is 0 Å². The molecule has 0 amide bonds. The van der Waals surface area contributed by atoms with Crippen LogP contribution in [0.2, 0.25) is 23.7 Å². The fourth-order valence-corrected chi connectivity index (χ4v) is 24.4. The van der Waals surface area contributed by atoms with Gasteiger partial charge in [0.05, 0.1) is 13.7 Å². The number of hydrogen-bond acceptors (Lipinski definition) is 1. The lowest BCUT2D eigenvalue weighted by atomic mass is 9.55.